The van der Waals surface area contributed by atoms with Crippen LogP contribution in [0.1, 0.15) is 14.3 Å². The smallest absolute Gasteiger partial charge is 0.254 e. The highest BCUT2D eigenvalue weighted by Gasteiger charge is 2.14. The summed E-state index contributed by atoms with van der Waals surface area (Å²) in [7, 11) is 0. The highest BCUT2D eigenvalue weighted by Crippen LogP contribution is 2.18. The van der Waals surface area contributed by atoms with Gasteiger partial charge in [0.15, 0.2) is 0 Å². The number of halogens is 1. The third-order valence-corrected chi connectivity index (χ3v) is 3.27. The summed E-state index contributed by atoms with van der Waals surface area (Å²) in [5.41, 5.74) is 0.472. The zero-order valence-corrected chi connectivity index (χ0v) is 10.9. The lowest BCUT2D eigenvalue weighted by Crippen LogP contribution is -2.22. The third-order valence-electron chi connectivity index (χ3n) is 3.27. The molecule has 20 heavy (non-hydrogen) atoms. The number of aromatic amines is 1. The van der Waals surface area contributed by atoms with Crippen LogP contribution in [-0.4, -0.2) is 23.1 Å². The largest absolute Gasteiger partial charge is 0.356 e. The van der Waals surface area contributed by atoms with Crippen molar-refractivity contribution < 1.29 is 5.82 Å². The molecule has 1 aliphatic rings. The Labute approximate surface area is 117 Å². The zero-order valence-electron chi connectivity index (χ0n) is 10.9. The summed E-state index contributed by atoms with van der Waals surface area (Å²) in [5, 5.41) is 2.98. The Morgan fingerprint density at radius 1 is 1.25 bits per heavy atom. The van der Waals surface area contributed by atoms with Crippen LogP contribution in [0.4, 0.5) is 21.8 Å². The van der Waals surface area contributed by atoms with Crippen LogP contribution in [0.2, 0.25) is 0 Å². The first-order valence-electron chi connectivity index (χ1n) is 6.60. The van der Waals surface area contributed by atoms with Crippen LogP contribution in [0.15, 0.2) is 35.1 Å². The Hall–Kier alpha value is -2.37. The molecule has 0 bridgehead atoms. The van der Waals surface area contributed by atoms with Gasteiger partial charge in [0.05, 0.1) is 0 Å². The fourth-order valence-corrected chi connectivity index (χ4v) is 2.28. The zero-order chi connectivity index (χ0) is 13.9. The first-order valence-corrected chi connectivity index (χ1v) is 6.60. The van der Waals surface area contributed by atoms with E-state index < -0.39 is 0 Å². The number of benzene rings is 1. The van der Waals surface area contributed by atoms with Crippen molar-refractivity contribution in [3.05, 3.63) is 46.5 Å². The molecule has 5 nitrogen and oxygen atoms in total. The van der Waals surface area contributed by atoms with Gasteiger partial charge >= 0.3 is 0 Å². The number of aromatic nitrogens is 2. The van der Waals surface area contributed by atoms with Gasteiger partial charge in [-0.2, -0.15) is 4.98 Å². The topological polar surface area (TPSA) is 61.0 Å². The van der Waals surface area contributed by atoms with Crippen molar-refractivity contribution in [3.8, 4) is 0 Å². The predicted octanol–water partition coefficient (Wildman–Crippen LogP) is 2.50. The Morgan fingerprint density at radius 2 is 1.95 bits per heavy atom. The number of hydrogen-bond donors (Lipinski definition) is 2. The Morgan fingerprint density at radius 3 is 2.65 bits per heavy atom. The molecule has 1 fully saturated rings. The molecule has 2 heterocycles. The van der Waals surface area contributed by atoms with Crippen LogP contribution in [0.3, 0.4) is 0 Å². The lowest BCUT2D eigenvalue weighted by Gasteiger charge is -2.16. The van der Waals surface area contributed by atoms with E-state index in [1.165, 1.54) is 18.2 Å². The summed E-state index contributed by atoms with van der Waals surface area (Å²) in [6, 6.07) is 7.40. The number of H-pyrrole nitrogens is 1. The lowest BCUT2D eigenvalue weighted by molar-refractivity contribution is 0.628. The fourth-order valence-electron chi connectivity index (χ4n) is 2.28. The second-order valence-corrected chi connectivity index (χ2v) is 4.78. The molecular formula is C14H17FN4O. The van der Waals surface area contributed by atoms with E-state index in [4.69, 9.17) is 0 Å². The van der Waals surface area contributed by atoms with Crippen molar-refractivity contribution in [2.75, 3.05) is 23.3 Å². The van der Waals surface area contributed by atoms with Gasteiger partial charge in [0.2, 0.25) is 5.95 Å². The highest BCUT2D eigenvalue weighted by atomic mass is 19.1. The predicted molar refractivity (Wildman–Crippen MR) is 78.1 cm³/mol. The third kappa shape index (κ3) is 2.79. The average molecular weight is 276 g/mol. The maximum absolute atomic E-state index is 12.9. The van der Waals surface area contributed by atoms with Crippen LogP contribution >= 0.6 is 0 Å². The van der Waals surface area contributed by atoms with Gasteiger partial charge in [0.1, 0.15) is 11.6 Å². The van der Waals surface area contributed by atoms with E-state index in [2.05, 4.69) is 20.2 Å². The molecule has 3 rings (SSSR count). The molecule has 106 valence electrons. The summed E-state index contributed by atoms with van der Waals surface area (Å²) in [4.78, 5) is 20.8. The Balaban J connectivity index is 0.00000161. The number of hydrogen-bond acceptors (Lipinski definition) is 4. The Bertz CT molecular complexity index is 653. The van der Waals surface area contributed by atoms with Gasteiger partial charge in [-0.25, -0.2) is 4.39 Å². The molecule has 1 aromatic carbocycles. The Kier molecular flexibility index (Phi) is 3.37. The summed E-state index contributed by atoms with van der Waals surface area (Å²) >= 11 is 0. The summed E-state index contributed by atoms with van der Waals surface area (Å²) in [6.45, 7) is 1.85. The SMILES string of the molecule is O=c1cc(N2CCCC2)nc(Nc2ccc(F)cc2)[nH]1.[HH]. The monoisotopic (exact) mass is 276 g/mol. The molecule has 1 aliphatic heterocycles. The molecule has 1 aromatic heterocycles. The molecular weight excluding hydrogens is 259 g/mol. The normalized spacial score (nSPS) is 14.6. The highest BCUT2D eigenvalue weighted by molar-refractivity contribution is 5.54. The quantitative estimate of drug-likeness (QED) is 0.904. The van der Waals surface area contributed by atoms with Crippen molar-refractivity contribution in [1.82, 2.24) is 9.97 Å². The molecule has 2 N–H and O–H groups in total. The van der Waals surface area contributed by atoms with E-state index in [0.717, 1.165) is 25.9 Å². The van der Waals surface area contributed by atoms with Crippen molar-refractivity contribution >= 4 is 17.5 Å². The number of rotatable bonds is 3. The molecule has 0 amide bonds. The van der Waals surface area contributed by atoms with Crippen molar-refractivity contribution in [1.29, 1.82) is 0 Å². The molecule has 0 spiro atoms. The van der Waals surface area contributed by atoms with Crippen molar-refractivity contribution in [3.63, 3.8) is 0 Å². The van der Waals surface area contributed by atoms with E-state index in [1.54, 1.807) is 12.1 Å². The number of nitrogens with zero attached hydrogens (tertiary/aromatic N) is 2. The first-order chi connectivity index (χ1) is 9.70. The molecule has 0 unspecified atom stereocenters. The van der Waals surface area contributed by atoms with E-state index in [9.17, 15) is 9.18 Å². The standard InChI is InChI=1S/C14H15FN4O.H2/c15-10-3-5-11(6-4-10)16-14-17-12(9-13(20)18-14)19-7-1-2-8-19;/h3-6,9H,1-2,7-8H2,(H2,16,17,18,20);1H. The van der Waals surface area contributed by atoms with Crippen molar-refractivity contribution in [2.24, 2.45) is 0 Å². The van der Waals surface area contributed by atoms with Gasteiger partial charge < -0.3 is 10.2 Å². The molecule has 0 saturated carbocycles. The molecule has 1 saturated heterocycles. The van der Waals surface area contributed by atoms with Gasteiger partial charge in [0.25, 0.3) is 5.56 Å². The van der Waals surface area contributed by atoms with Crippen LogP contribution in [-0.2, 0) is 0 Å². The molecule has 6 heteroatoms. The van der Waals surface area contributed by atoms with Gasteiger partial charge in [0, 0.05) is 26.3 Å². The van der Waals surface area contributed by atoms with Crippen molar-refractivity contribution in [2.45, 2.75) is 12.8 Å². The minimum absolute atomic E-state index is 0. The minimum Gasteiger partial charge on any atom is -0.356 e. The van der Waals surface area contributed by atoms with Crippen LogP contribution < -0.4 is 15.8 Å². The minimum atomic E-state index is -0.303. The van der Waals surface area contributed by atoms with Crippen LogP contribution in [0.25, 0.3) is 0 Å². The van der Waals surface area contributed by atoms with Crippen LogP contribution in [0.5, 0.6) is 0 Å². The maximum atomic E-state index is 12.9. The average Bonchev–Trinajstić information content (AvgIpc) is 2.95. The second-order valence-electron chi connectivity index (χ2n) is 4.78. The number of nitrogens with one attached hydrogen (secondary N) is 2. The van der Waals surface area contributed by atoms with Gasteiger partial charge in [-0.1, -0.05) is 0 Å². The van der Waals surface area contributed by atoms with E-state index in [1.807, 2.05) is 0 Å². The molecule has 0 radical (unpaired) electrons. The van der Waals surface area contributed by atoms with E-state index in [-0.39, 0.29) is 12.8 Å². The van der Waals surface area contributed by atoms with Gasteiger partial charge in [-0.15, -0.1) is 0 Å². The molecule has 0 atom stereocenters. The number of anilines is 3. The van der Waals surface area contributed by atoms with Gasteiger partial charge in [-0.05, 0) is 37.1 Å². The van der Waals surface area contributed by atoms with E-state index >= 15 is 0 Å². The van der Waals surface area contributed by atoms with Gasteiger partial charge in [-0.3, -0.25) is 9.78 Å². The lowest BCUT2D eigenvalue weighted by atomic mass is 10.3. The fraction of sp³-hybridized carbons (Fsp3) is 0.286. The summed E-state index contributed by atoms with van der Waals surface area (Å²) < 4.78 is 12.9. The maximum Gasteiger partial charge on any atom is 0.254 e. The first kappa shape index (κ1) is 12.7. The summed E-state index contributed by atoms with van der Waals surface area (Å²) in [5.74, 6) is 0.740. The molecule has 2 aromatic rings. The summed E-state index contributed by atoms with van der Waals surface area (Å²) in [6.07, 6.45) is 2.24. The molecule has 0 aliphatic carbocycles. The van der Waals surface area contributed by atoms with Crippen LogP contribution in [0, 0.1) is 5.82 Å². The van der Waals surface area contributed by atoms with E-state index in [0.29, 0.717) is 17.5 Å². The second kappa shape index (κ2) is 5.32.